The zero-order valence-electron chi connectivity index (χ0n) is 19.5. The van der Waals surface area contributed by atoms with Crippen molar-refractivity contribution in [2.24, 2.45) is 0 Å². The number of anilines is 1. The lowest BCUT2D eigenvalue weighted by atomic mass is 10.0. The molecular weight excluding hydrogens is 408 g/mol. The highest BCUT2D eigenvalue weighted by molar-refractivity contribution is 5.89. The van der Waals surface area contributed by atoms with E-state index in [2.05, 4.69) is 84.0 Å². The molecule has 0 unspecified atom stereocenters. The average molecular weight is 439 g/mol. The van der Waals surface area contributed by atoms with E-state index in [9.17, 15) is 0 Å². The van der Waals surface area contributed by atoms with Gasteiger partial charge in [0.05, 0.1) is 5.56 Å². The van der Waals surface area contributed by atoms with Crippen molar-refractivity contribution in [1.82, 2.24) is 14.8 Å². The quantitative estimate of drug-likeness (QED) is 0.362. The highest BCUT2D eigenvalue weighted by Gasteiger charge is 2.25. The van der Waals surface area contributed by atoms with Gasteiger partial charge in [0, 0.05) is 38.1 Å². The Hall–Kier alpha value is -3.60. The van der Waals surface area contributed by atoms with Crippen LogP contribution in [0.3, 0.4) is 0 Å². The normalized spacial score (nSPS) is 13.3. The molecule has 33 heavy (non-hydrogen) atoms. The van der Waals surface area contributed by atoms with Gasteiger partial charge in [-0.25, -0.2) is 4.68 Å². The summed E-state index contributed by atoms with van der Waals surface area (Å²) >= 11 is 0. The lowest BCUT2D eigenvalue weighted by Gasteiger charge is -2.26. The zero-order valence-corrected chi connectivity index (χ0v) is 19.5. The first kappa shape index (κ1) is 21.3. The Morgan fingerprint density at radius 3 is 2.30 bits per heavy atom. The van der Waals surface area contributed by atoms with Crippen LogP contribution < -0.4 is 9.64 Å². The van der Waals surface area contributed by atoms with E-state index in [0.717, 1.165) is 42.1 Å². The first-order valence-electron chi connectivity index (χ1n) is 11.6. The largest absolute Gasteiger partial charge is 0.489 e. The molecule has 5 rings (SSSR count). The molecule has 1 aliphatic heterocycles. The third-order valence-corrected chi connectivity index (χ3v) is 6.30. The fourth-order valence-corrected chi connectivity index (χ4v) is 4.42. The Kier molecular flexibility index (Phi) is 5.86. The van der Waals surface area contributed by atoms with Gasteiger partial charge in [-0.05, 0) is 53.3 Å². The molecule has 0 N–H and O–H groups in total. The molecule has 0 radical (unpaired) electrons. The molecule has 0 saturated heterocycles. The van der Waals surface area contributed by atoms with Gasteiger partial charge < -0.3 is 9.64 Å². The van der Waals surface area contributed by atoms with Crippen LogP contribution in [0.1, 0.15) is 37.3 Å². The summed E-state index contributed by atoms with van der Waals surface area (Å²) < 4.78 is 8.21. The zero-order chi connectivity index (χ0) is 22.8. The molecule has 5 nitrogen and oxygen atoms in total. The van der Waals surface area contributed by atoms with Crippen molar-refractivity contribution in [2.45, 2.75) is 39.3 Å². The third kappa shape index (κ3) is 4.36. The van der Waals surface area contributed by atoms with Crippen molar-refractivity contribution < 1.29 is 4.74 Å². The number of fused-ring (bicyclic) bond motifs is 1. The van der Waals surface area contributed by atoms with Gasteiger partial charge in [0.25, 0.3) is 0 Å². The summed E-state index contributed by atoms with van der Waals surface area (Å²) in [6.07, 6.45) is 4.75. The smallest absolute Gasteiger partial charge is 0.135 e. The van der Waals surface area contributed by atoms with Crippen LogP contribution in [0, 0.1) is 0 Å². The Bertz CT molecular complexity index is 1210. The highest BCUT2D eigenvalue weighted by atomic mass is 16.5. The molecular formula is C28H30N4O. The number of nitrogens with zero attached hydrogens (tertiary/aromatic N) is 4. The predicted molar refractivity (Wildman–Crippen MR) is 134 cm³/mol. The minimum Gasteiger partial charge on any atom is -0.489 e. The Morgan fingerprint density at radius 1 is 0.879 bits per heavy atom. The maximum Gasteiger partial charge on any atom is 0.135 e. The molecule has 0 amide bonds. The second kappa shape index (κ2) is 9.10. The minimum absolute atomic E-state index is 0.540. The minimum atomic E-state index is 0.540. The molecule has 5 heteroatoms. The second-order valence-electron chi connectivity index (χ2n) is 8.99. The lowest BCUT2D eigenvalue weighted by Crippen LogP contribution is -2.28. The van der Waals surface area contributed by atoms with Crippen LogP contribution in [0.25, 0.3) is 22.4 Å². The summed E-state index contributed by atoms with van der Waals surface area (Å²) in [5.41, 5.74) is 6.92. The van der Waals surface area contributed by atoms with Gasteiger partial charge >= 0.3 is 0 Å². The number of aryl methyl sites for hydroxylation is 1. The van der Waals surface area contributed by atoms with E-state index in [-0.39, 0.29) is 0 Å². The van der Waals surface area contributed by atoms with Crippen molar-refractivity contribution in [3.63, 3.8) is 0 Å². The van der Waals surface area contributed by atoms with Crippen LogP contribution in [-0.2, 0) is 13.2 Å². The van der Waals surface area contributed by atoms with Gasteiger partial charge in [0.2, 0.25) is 0 Å². The van der Waals surface area contributed by atoms with Gasteiger partial charge in [0.15, 0.2) is 0 Å². The summed E-state index contributed by atoms with van der Waals surface area (Å²) in [6, 6.07) is 21.1. The number of hydrogen-bond donors (Lipinski definition) is 0. The molecule has 168 valence electrons. The number of hydrogen-bond acceptors (Lipinski definition) is 4. The molecule has 0 saturated carbocycles. The van der Waals surface area contributed by atoms with E-state index < -0.39 is 0 Å². The molecule has 2 aromatic heterocycles. The predicted octanol–water partition coefficient (Wildman–Crippen LogP) is 6.15. The highest BCUT2D eigenvalue weighted by Crippen LogP contribution is 2.41. The van der Waals surface area contributed by atoms with Crippen LogP contribution in [0.5, 0.6) is 5.75 Å². The number of aromatic nitrogens is 3. The lowest BCUT2D eigenvalue weighted by molar-refractivity contribution is 0.306. The summed E-state index contributed by atoms with van der Waals surface area (Å²) in [6.45, 7) is 6.96. The van der Waals surface area contributed by atoms with E-state index in [4.69, 9.17) is 9.84 Å². The third-order valence-electron chi connectivity index (χ3n) is 6.30. The standard InChI is InChI=1S/C28H30N4O/c1-20(2)22-7-5-21(6-8-22)19-33-25-11-9-23(10-12-25)26-27(24-13-15-29-16-14-24)30-32-18-4-17-31(3)28(26)32/h5-16,20H,4,17-19H2,1-3H3. The Morgan fingerprint density at radius 2 is 1.61 bits per heavy atom. The molecule has 1 aliphatic rings. The second-order valence-corrected chi connectivity index (χ2v) is 8.99. The maximum atomic E-state index is 6.07. The Labute approximate surface area is 195 Å². The molecule has 0 bridgehead atoms. The van der Waals surface area contributed by atoms with Crippen LogP contribution in [-0.4, -0.2) is 28.4 Å². The van der Waals surface area contributed by atoms with Crippen LogP contribution in [0.4, 0.5) is 5.82 Å². The average Bonchev–Trinajstić information content (AvgIpc) is 3.25. The van der Waals surface area contributed by atoms with Gasteiger partial charge in [-0.3, -0.25) is 4.98 Å². The van der Waals surface area contributed by atoms with Crippen molar-refractivity contribution in [2.75, 3.05) is 18.5 Å². The van der Waals surface area contributed by atoms with Gasteiger partial charge in [-0.2, -0.15) is 5.10 Å². The molecule has 2 aromatic carbocycles. The van der Waals surface area contributed by atoms with Crippen molar-refractivity contribution in [3.8, 4) is 28.1 Å². The summed E-state index contributed by atoms with van der Waals surface area (Å²) in [7, 11) is 2.15. The van der Waals surface area contributed by atoms with Gasteiger partial charge in [-0.1, -0.05) is 50.2 Å². The molecule has 0 spiro atoms. The SMILES string of the molecule is CC(C)c1ccc(COc2ccc(-c3c(-c4ccncc4)nn4c3N(C)CCC4)cc2)cc1. The van der Waals surface area contributed by atoms with E-state index in [1.54, 1.807) is 0 Å². The topological polar surface area (TPSA) is 43.2 Å². The summed E-state index contributed by atoms with van der Waals surface area (Å²) in [5.74, 6) is 2.58. The van der Waals surface area contributed by atoms with E-state index >= 15 is 0 Å². The maximum absolute atomic E-state index is 6.07. The van der Waals surface area contributed by atoms with Crippen LogP contribution >= 0.6 is 0 Å². The number of rotatable bonds is 6. The molecule has 0 fully saturated rings. The van der Waals surface area contributed by atoms with Crippen LogP contribution in [0.15, 0.2) is 73.1 Å². The van der Waals surface area contributed by atoms with Gasteiger partial charge in [0.1, 0.15) is 23.9 Å². The fraction of sp³-hybridized carbons (Fsp3) is 0.286. The molecule has 0 aliphatic carbocycles. The van der Waals surface area contributed by atoms with Crippen molar-refractivity contribution >= 4 is 5.82 Å². The van der Waals surface area contributed by atoms with Crippen molar-refractivity contribution in [1.29, 1.82) is 0 Å². The van der Waals surface area contributed by atoms with Crippen LogP contribution in [0.2, 0.25) is 0 Å². The monoisotopic (exact) mass is 438 g/mol. The van der Waals surface area contributed by atoms with Gasteiger partial charge in [-0.15, -0.1) is 0 Å². The summed E-state index contributed by atoms with van der Waals surface area (Å²) in [5, 5.41) is 4.98. The van der Waals surface area contributed by atoms with E-state index in [1.165, 1.54) is 22.5 Å². The number of pyridine rings is 1. The molecule has 3 heterocycles. The number of ether oxygens (including phenoxy) is 1. The Balaban J connectivity index is 1.41. The first-order chi connectivity index (χ1) is 16.1. The van der Waals surface area contributed by atoms with E-state index in [1.807, 2.05) is 24.5 Å². The molecule has 4 aromatic rings. The van der Waals surface area contributed by atoms with E-state index in [0.29, 0.717) is 12.5 Å². The summed E-state index contributed by atoms with van der Waals surface area (Å²) in [4.78, 5) is 6.49. The van der Waals surface area contributed by atoms with Crippen molar-refractivity contribution in [3.05, 3.63) is 84.2 Å². The number of benzene rings is 2. The first-order valence-corrected chi connectivity index (χ1v) is 11.6. The molecule has 0 atom stereocenters. The fourth-order valence-electron chi connectivity index (χ4n) is 4.42.